The lowest BCUT2D eigenvalue weighted by atomic mass is 9.99. The maximum absolute atomic E-state index is 3.63. The summed E-state index contributed by atoms with van der Waals surface area (Å²) in [6, 6.07) is 15.7. The minimum atomic E-state index is 0.437. The smallest absolute Gasteiger partial charge is 0.0555 e. The van der Waals surface area contributed by atoms with Crippen LogP contribution in [0.15, 0.2) is 42.5 Å². The average molecular weight is 223 g/mol. The number of fused-ring (bicyclic) bond motifs is 1. The topological polar surface area (TPSA) is 12.0 Å². The van der Waals surface area contributed by atoms with E-state index in [1.165, 1.54) is 27.9 Å². The van der Waals surface area contributed by atoms with Gasteiger partial charge in [-0.1, -0.05) is 36.4 Å². The molecule has 0 aliphatic carbocycles. The van der Waals surface area contributed by atoms with Crippen LogP contribution in [0.1, 0.15) is 28.3 Å². The van der Waals surface area contributed by atoms with Gasteiger partial charge in [0.2, 0.25) is 0 Å². The van der Waals surface area contributed by atoms with E-state index < -0.39 is 0 Å². The van der Waals surface area contributed by atoms with E-state index in [2.05, 4.69) is 61.6 Å². The van der Waals surface area contributed by atoms with Crippen molar-refractivity contribution in [1.29, 1.82) is 0 Å². The summed E-state index contributed by atoms with van der Waals surface area (Å²) >= 11 is 0. The van der Waals surface area contributed by atoms with Crippen molar-refractivity contribution in [3.05, 3.63) is 64.7 Å². The Hall–Kier alpha value is -1.76. The third-order valence-electron chi connectivity index (χ3n) is 3.56. The summed E-state index contributed by atoms with van der Waals surface area (Å²) < 4.78 is 0. The number of nitrogens with one attached hydrogen (secondary N) is 1. The van der Waals surface area contributed by atoms with Crippen molar-refractivity contribution < 1.29 is 0 Å². The molecule has 0 bridgehead atoms. The molecule has 86 valence electrons. The van der Waals surface area contributed by atoms with Gasteiger partial charge in [-0.25, -0.2) is 0 Å². The molecule has 3 rings (SSSR count). The fourth-order valence-electron chi connectivity index (χ4n) is 2.73. The summed E-state index contributed by atoms with van der Waals surface area (Å²) in [5.74, 6) is 0. The zero-order chi connectivity index (χ0) is 11.8. The molecule has 1 atom stereocenters. The van der Waals surface area contributed by atoms with E-state index in [-0.39, 0.29) is 0 Å². The Labute approximate surface area is 102 Å². The Morgan fingerprint density at radius 1 is 1.06 bits per heavy atom. The predicted molar refractivity (Wildman–Crippen MR) is 72.4 cm³/mol. The van der Waals surface area contributed by atoms with Crippen LogP contribution in [-0.2, 0) is 6.42 Å². The second-order valence-electron chi connectivity index (χ2n) is 4.92. The molecule has 1 unspecified atom stereocenters. The number of anilines is 1. The highest BCUT2D eigenvalue weighted by Crippen LogP contribution is 2.36. The summed E-state index contributed by atoms with van der Waals surface area (Å²) in [6.45, 7) is 4.37. The Morgan fingerprint density at radius 3 is 2.59 bits per heavy atom. The van der Waals surface area contributed by atoms with Gasteiger partial charge in [-0.05, 0) is 48.6 Å². The number of aryl methyl sites for hydroxylation is 2. The van der Waals surface area contributed by atoms with Gasteiger partial charge in [-0.2, -0.15) is 0 Å². The van der Waals surface area contributed by atoms with Gasteiger partial charge < -0.3 is 5.32 Å². The van der Waals surface area contributed by atoms with Crippen LogP contribution >= 0.6 is 0 Å². The molecule has 17 heavy (non-hydrogen) atoms. The summed E-state index contributed by atoms with van der Waals surface area (Å²) in [5, 5.41) is 3.63. The number of hydrogen-bond donors (Lipinski definition) is 1. The van der Waals surface area contributed by atoms with Gasteiger partial charge in [-0.3, -0.25) is 0 Å². The lowest BCUT2D eigenvalue weighted by Gasteiger charge is -2.11. The largest absolute Gasteiger partial charge is 0.378 e. The van der Waals surface area contributed by atoms with Gasteiger partial charge >= 0.3 is 0 Å². The van der Waals surface area contributed by atoms with Crippen LogP contribution in [-0.4, -0.2) is 0 Å². The molecule has 0 radical (unpaired) electrons. The lowest BCUT2D eigenvalue weighted by Crippen LogP contribution is -2.04. The Bertz CT molecular complexity index is 543. The first-order valence-electron chi connectivity index (χ1n) is 6.15. The minimum Gasteiger partial charge on any atom is -0.378 e. The minimum absolute atomic E-state index is 0.437. The monoisotopic (exact) mass is 223 g/mol. The van der Waals surface area contributed by atoms with Gasteiger partial charge in [0.25, 0.3) is 0 Å². The number of benzene rings is 2. The maximum atomic E-state index is 3.63. The second kappa shape index (κ2) is 3.92. The van der Waals surface area contributed by atoms with Crippen LogP contribution in [0.2, 0.25) is 0 Å². The number of hydrogen-bond acceptors (Lipinski definition) is 1. The van der Waals surface area contributed by atoms with Crippen molar-refractivity contribution in [3.8, 4) is 0 Å². The van der Waals surface area contributed by atoms with E-state index in [4.69, 9.17) is 0 Å². The second-order valence-corrected chi connectivity index (χ2v) is 4.92. The fourth-order valence-corrected chi connectivity index (χ4v) is 2.73. The average Bonchev–Trinajstić information content (AvgIpc) is 2.74. The summed E-state index contributed by atoms with van der Waals surface area (Å²) in [4.78, 5) is 0. The molecule has 1 nitrogen and oxygen atoms in total. The molecule has 1 aliphatic heterocycles. The van der Waals surface area contributed by atoms with Crippen LogP contribution in [0.4, 0.5) is 5.69 Å². The molecular formula is C16H17N. The van der Waals surface area contributed by atoms with Crippen molar-refractivity contribution in [3.63, 3.8) is 0 Å². The Kier molecular flexibility index (Phi) is 2.40. The molecule has 2 aromatic rings. The summed E-state index contributed by atoms with van der Waals surface area (Å²) in [6.07, 6.45) is 1.10. The molecule has 0 saturated carbocycles. The summed E-state index contributed by atoms with van der Waals surface area (Å²) in [7, 11) is 0. The standard InChI is InChI=1S/C16H17N/c1-11-8-12(2)14-10-15(17-16(14)9-11)13-6-4-3-5-7-13/h3-9,15,17H,10H2,1-2H3. The molecule has 1 heteroatoms. The van der Waals surface area contributed by atoms with Gasteiger partial charge in [0, 0.05) is 5.69 Å². The first-order valence-corrected chi connectivity index (χ1v) is 6.15. The molecular weight excluding hydrogens is 206 g/mol. The quantitative estimate of drug-likeness (QED) is 0.770. The van der Waals surface area contributed by atoms with Crippen LogP contribution in [0.25, 0.3) is 0 Å². The van der Waals surface area contributed by atoms with Crippen LogP contribution in [0, 0.1) is 13.8 Å². The van der Waals surface area contributed by atoms with Crippen molar-refractivity contribution in [2.45, 2.75) is 26.3 Å². The highest BCUT2D eigenvalue weighted by molar-refractivity contribution is 5.62. The molecule has 0 spiro atoms. The lowest BCUT2D eigenvalue weighted by molar-refractivity contribution is 0.821. The van der Waals surface area contributed by atoms with Crippen molar-refractivity contribution in [2.24, 2.45) is 0 Å². The van der Waals surface area contributed by atoms with E-state index in [0.29, 0.717) is 6.04 Å². The van der Waals surface area contributed by atoms with Crippen LogP contribution < -0.4 is 5.32 Å². The Morgan fingerprint density at radius 2 is 1.82 bits per heavy atom. The van der Waals surface area contributed by atoms with Gasteiger partial charge in [-0.15, -0.1) is 0 Å². The molecule has 1 heterocycles. The third-order valence-corrected chi connectivity index (χ3v) is 3.56. The van der Waals surface area contributed by atoms with E-state index >= 15 is 0 Å². The van der Waals surface area contributed by atoms with E-state index in [1.54, 1.807) is 0 Å². The highest BCUT2D eigenvalue weighted by Gasteiger charge is 2.23. The van der Waals surface area contributed by atoms with Crippen molar-refractivity contribution in [2.75, 3.05) is 5.32 Å². The van der Waals surface area contributed by atoms with E-state index in [0.717, 1.165) is 6.42 Å². The molecule has 0 amide bonds. The van der Waals surface area contributed by atoms with Crippen LogP contribution in [0.5, 0.6) is 0 Å². The van der Waals surface area contributed by atoms with Crippen molar-refractivity contribution >= 4 is 5.69 Å². The van der Waals surface area contributed by atoms with Gasteiger partial charge in [0.05, 0.1) is 6.04 Å². The fraction of sp³-hybridized carbons (Fsp3) is 0.250. The molecule has 1 aliphatic rings. The summed E-state index contributed by atoms with van der Waals surface area (Å²) in [5.41, 5.74) is 6.91. The third kappa shape index (κ3) is 1.82. The van der Waals surface area contributed by atoms with E-state index in [1.807, 2.05) is 0 Å². The van der Waals surface area contributed by atoms with Crippen LogP contribution in [0.3, 0.4) is 0 Å². The molecule has 1 N–H and O–H groups in total. The molecule has 0 aromatic heterocycles. The first kappa shape index (κ1) is 10.4. The zero-order valence-electron chi connectivity index (χ0n) is 10.3. The SMILES string of the molecule is Cc1cc(C)c2c(c1)NC(c1ccccc1)C2. The Balaban J connectivity index is 1.96. The van der Waals surface area contributed by atoms with Crippen molar-refractivity contribution in [1.82, 2.24) is 0 Å². The molecule has 0 fully saturated rings. The molecule has 2 aromatic carbocycles. The normalized spacial score (nSPS) is 17.6. The zero-order valence-corrected chi connectivity index (χ0v) is 10.3. The number of rotatable bonds is 1. The highest BCUT2D eigenvalue weighted by atomic mass is 14.9. The maximum Gasteiger partial charge on any atom is 0.0555 e. The molecule has 0 saturated heterocycles. The van der Waals surface area contributed by atoms with Gasteiger partial charge in [0.15, 0.2) is 0 Å². The van der Waals surface area contributed by atoms with E-state index in [9.17, 15) is 0 Å². The first-order chi connectivity index (χ1) is 8.24. The van der Waals surface area contributed by atoms with Gasteiger partial charge in [0.1, 0.15) is 0 Å². The predicted octanol–water partition coefficient (Wildman–Crippen LogP) is 4.01.